The molecule has 0 aliphatic carbocycles. The molecule has 1 aromatic carbocycles. The molecule has 0 radical (unpaired) electrons. The molecular formula is C15H13NO2. The number of aromatic nitrogens is 1. The average molecular weight is 239 g/mol. The van der Waals surface area contributed by atoms with Crippen LogP contribution in [0.15, 0.2) is 54.9 Å². The summed E-state index contributed by atoms with van der Waals surface area (Å²) in [5.41, 5.74) is 3.23. The highest BCUT2D eigenvalue weighted by Gasteiger charge is 1.96. The van der Waals surface area contributed by atoms with Crippen LogP contribution in [0.2, 0.25) is 0 Å². The maximum absolute atomic E-state index is 10.4. The van der Waals surface area contributed by atoms with Gasteiger partial charge >= 0.3 is 5.97 Å². The Morgan fingerprint density at radius 3 is 2.28 bits per heavy atom. The lowest BCUT2D eigenvalue weighted by molar-refractivity contribution is -0.135. The molecular weight excluding hydrogens is 226 g/mol. The first-order valence-corrected chi connectivity index (χ1v) is 5.64. The summed E-state index contributed by atoms with van der Waals surface area (Å²) in [5, 5.41) is 8.53. The van der Waals surface area contributed by atoms with Gasteiger partial charge in [0.15, 0.2) is 0 Å². The normalized spacial score (nSPS) is 10.7. The molecule has 3 heteroatoms. The van der Waals surface area contributed by atoms with Gasteiger partial charge in [-0.2, -0.15) is 0 Å². The van der Waals surface area contributed by atoms with Crippen molar-refractivity contribution in [2.45, 2.75) is 6.42 Å². The summed E-state index contributed by atoms with van der Waals surface area (Å²) in [6.45, 7) is 0. The number of benzene rings is 1. The number of carboxylic acid groups (broad SMARTS) is 1. The SMILES string of the molecule is O=C(O)CC=Cc1ccc(-c2ccncc2)cc1. The number of hydrogen-bond acceptors (Lipinski definition) is 2. The van der Waals surface area contributed by atoms with Gasteiger partial charge in [0.25, 0.3) is 0 Å². The Kier molecular flexibility index (Phi) is 3.86. The van der Waals surface area contributed by atoms with Crippen LogP contribution in [0.3, 0.4) is 0 Å². The topological polar surface area (TPSA) is 50.2 Å². The van der Waals surface area contributed by atoms with Crippen molar-refractivity contribution in [1.82, 2.24) is 4.98 Å². The van der Waals surface area contributed by atoms with Gasteiger partial charge in [-0.05, 0) is 28.8 Å². The first-order valence-electron chi connectivity index (χ1n) is 5.64. The van der Waals surface area contributed by atoms with E-state index in [4.69, 9.17) is 5.11 Å². The molecule has 1 N–H and O–H groups in total. The number of hydrogen-bond donors (Lipinski definition) is 1. The first kappa shape index (κ1) is 12.0. The highest BCUT2D eigenvalue weighted by Crippen LogP contribution is 2.19. The zero-order chi connectivity index (χ0) is 12.8. The minimum absolute atomic E-state index is 0.0477. The number of rotatable bonds is 4. The standard InChI is InChI=1S/C15H13NO2/c17-15(18)3-1-2-12-4-6-13(7-5-12)14-8-10-16-11-9-14/h1-2,4-11H,3H2,(H,17,18). The Morgan fingerprint density at radius 2 is 1.67 bits per heavy atom. The molecule has 0 aliphatic rings. The number of pyridine rings is 1. The van der Waals surface area contributed by atoms with Gasteiger partial charge < -0.3 is 5.11 Å². The smallest absolute Gasteiger partial charge is 0.307 e. The Labute approximate surface area is 105 Å². The molecule has 18 heavy (non-hydrogen) atoms. The van der Waals surface area contributed by atoms with E-state index in [1.165, 1.54) is 0 Å². The lowest BCUT2D eigenvalue weighted by Crippen LogP contribution is -1.89. The zero-order valence-electron chi connectivity index (χ0n) is 9.78. The van der Waals surface area contributed by atoms with Crippen LogP contribution < -0.4 is 0 Å². The molecule has 0 saturated heterocycles. The number of aliphatic carboxylic acids is 1. The van der Waals surface area contributed by atoms with Gasteiger partial charge in [-0.3, -0.25) is 9.78 Å². The molecule has 2 aromatic rings. The fraction of sp³-hybridized carbons (Fsp3) is 0.0667. The highest BCUT2D eigenvalue weighted by molar-refractivity contribution is 5.71. The molecule has 0 atom stereocenters. The van der Waals surface area contributed by atoms with Crippen molar-refractivity contribution in [3.8, 4) is 11.1 Å². The summed E-state index contributed by atoms with van der Waals surface area (Å²) in [6, 6.07) is 11.9. The maximum atomic E-state index is 10.4. The number of carboxylic acids is 1. The van der Waals surface area contributed by atoms with E-state index < -0.39 is 5.97 Å². The van der Waals surface area contributed by atoms with Crippen molar-refractivity contribution in [3.05, 3.63) is 60.4 Å². The van der Waals surface area contributed by atoms with Crippen molar-refractivity contribution in [1.29, 1.82) is 0 Å². The third kappa shape index (κ3) is 3.28. The van der Waals surface area contributed by atoms with Crippen molar-refractivity contribution in [2.75, 3.05) is 0 Å². The summed E-state index contributed by atoms with van der Waals surface area (Å²) in [7, 11) is 0. The van der Waals surface area contributed by atoms with Crippen LogP contribution in [0, 0.1) is 0 Å². The average Bonchev–Trinajstić information content (AvgIpc) is 2.40. The van der Waals surface area contributed by atoms with E-state index in [1.807, 2.05) is 42.5 Å². The van der Waals surface area contributed by atoms with Crippen LogP contribution in [0.1, 0.15) is 12.0 Å². The fourth-order valence-electron chi connectivity index (χ4n) is 1.63. The molecule has 1 aromatic heterocycles. The molecule has 1 heterocycles. The largest absolute Gasteiger partial charge is 0.481 e. The predicted molar refractivity (Wildman–Crippen MR) is 71.0 cm³/mol. The van der Waals surface area contributed by atoms with E-state index >= 15 is 0 Å². The van der Waals surface area contributed by atoms with Gasteiger partial charge in [-0.15, -0.1) is 0 Å². The van der Waals surface area contributed by atoms with Crippen LogP contribution in [0.4, 0.5) is 0 Å². The summed E-state index contributed by atoms with van der Waals surface area (Å²) >= 11 is 0. The van der Waals surface area contributed by atoms with E-state index in [0.717, 1.165) is 16.7 Å². The van der Waals surface area contributed by atoms with E-state index in [0.29, 0.717) is 0 Å². The van der Waals surface area contributed by atoms with Gasteiger partial charge in [0.05, 0.1) is 6.42 Å². The Balaban J connectivity index is 2.11. The molecule has 3 nitrogen and oxygen atoms in total. The number of nitrogens with zero attached hydrogens (tertiary/aromatic N) is 1. The molecule has 0 bridgehead atoms. The van der Waals surface area contributed by atoms with Crippen LogP contribution in [0.25, 0.3) is 17.2 Å². The third-order valence-electron chi connectivity index (χ3n) is 2.53. The first-order chi connectivity index (χ1) is 8.75. The molecule has 0 spiro atoms. The molecule has 0 unspecified atom stereocenters. The fourth-order valence-corrected chi connectivity index (χ4v) is 1.63. The molecule has 0 fully saturated rings. The maximum Gasteiger partial charge on any atom is 0.307 e. The summed E-state index contributed by atoms with van der Waals surface area (Å²) in [4.78, 5) is 14.4. The lowest BCUT2D eigenvalue weighted by atomic mass is 10.0. The second-order valence-electron chi connectivity index (χ2n) is 3.86. The van der Waals surface area contributed by atoms with Crippen molar-refractivity contribution < 1.29 is 9.90 Å². The van der Waals surface area contributed by atoms with E-state index in [9.17, 15) is 4.79 Å². The van der Waals surface area contributed by atoms with Gasteiger partial charge in [-0.1, -0.05) is 36.4 Å². The third-order valence-corrected chi connectivity index (χ3v) is 2.53. The van der Waals surface area contributed by atoms with Crippen molar-refractivity contribution in [3.63, 3.8) is 0 Å². The van der Waals surface area contributed by atoms with Gasteiger partial charge in [-0.25, -0.2) is 0 Å². The van der Waals surface area contributed by atoms with E-state index in [-0.39, 0.29) is 6.42 Å². The monoisotopic (exact) mass is 239 g/mol. The Hall–Kier alpha value is -2.42. The number of carbonyl (C=O) groups is 1. The van der Waals surface area contributed by atoms with Gasteiger partial charge in [0.1, 0.15) is 0 Å². The van der Waals surface area contributed by atoms with E-state index in [1.54, 1.807) is 18.5 Å². The van der Waals surface area contributed by atoms with Crippen molar-refractivity contribution >= 4 is 12.0 Å². The van der Waals surface area contributed by atoms with Crippen molar-refractivity contribution in [2.24, 2.45) is 0 Å². The quantitative estimate of drug-likeness (QED) is 0.891. The molecule has 0 amide bonds. The summed E-state index contributed by atoms with van der Waals surface area (Å²) in [6.07, 6.45) is 7.02. The van der Waals surface area contributed by atoms with Crippen LogP contribution in [-0.4, -0.2) is 16.1 Å². The van der Waals surface area contributed by atoms with Crippen LogP contribution in [-0.2, 0) is 4.79 Å². The lowest BCUT2D eigenvalue weighted by Gasteiger charge is -2.01. The molecule has 90 valence electrons. The minimum Gasteiger partial charge on any atom is -0.481 e. The van der Waals surface area contributed by atoms with E-state index in [2.05, 4.69) is 4.98 Å². The summed E-state index contributed by atoms with van der Waals surface area (Å²) in [5.74, 6) is -0.820. The van der Waals surface area contributed by atoms with Gasteiger partial charge in [0, 0.05) is 12.4 Å². The second-order valence-corrected chi connectivity index (χ2v) is 3.86. The Morgan fingerprint density at radius 1 is 1.06 bits per heavy atom. The van der Waals surface area contributed by atoms with Crippen LogP contribution in [0.5, 0.6) is 0 Å². The molecule has 2 rings (SSSR count). The Bertz CT molecular complexity index is 544. The van der Waals surface area contributed by atoms with Gasteiger partial charge in [0.2, 0.25) is 0 Å². The molecule has 0 aliphatic heterocycles. The minimum atomic E-state index is -0.820. The highest BCUT2D eigenvalue weighted by atomic mass is 16.4. The summed E-state index contributed by atoms with van der Waals surface area (Å²) < 4.78 is 0. The zero-order valence-corrected chi connectivity index (χ0v) is 9.78. The predicted octanol–water partition coefficient (Wildman–Crippen LogP) is 3.24. The molecule has 0 saturated carbocycles. The van der Waals surface area contributed by atoms with Crippen LogP contribution >= 0.6 is 0 Å². The second kappa shape index (κ2) is 5.77.